The van der Waals surface area contributed by atoms with Crippen molar-refractivity contribution in [3.63, 3.8) is 0 Å². The number of halogens is 2. The lowest BCUT2D eigenvalue weighted by atomic mass is 9.96. The Kier molecular flexibility index (Phi) is 5.92. The number of amides is 1. The third kappa shape index (κ3) is 5.42. The predicted molar refractivity (Wildman–Crippen MR) is 89.3 cm³/mol. The number of carbonyl (C=O) groups is 1. The topological polar surface area (TPSA) is 102 Å². The molecule has 0 bridgehead atoms. The van der Waals surface area contributed by atoms with E-state index in [0.717, 1.165) is 0 Å². The third-order valence-corrected chi connectivity index (χ3v) is 3.28. The van der Waals surface area contributed by atoms with Crippen LogP contribution in [0.1, 0.15) is 32.2 Å². The minimum atomic E-state index is -0.536. The summed E-state index contributed by atoms with van der Waals surface area (Å²) in [7, 11) is 0. The molecule has 0 aliphatic carbocycles. The molecule has 2 aromatic rings. The second kappa shape index (κ2) is 7.93. The summed E-state index contributed by atoms with van der Waals surface area (Å²) >= 11 is 5.65. The standard InChI is InChI=1S/C15H17ClFN5O3/c1-15(2,3)14(23)18-7-12-13(22-25-21-12)8-19-24-20-9-4-5-11(17)10(16)6-9/h4-6,8,20H,7H2,1-3H3,(H,18,23)/b19-8+. The average Bonchev–Trinajstić information content (AvgIpc) is 2.99. The Balaban J connectivity index is 1.88. The van der Waals surface area contributed by atoms with Gasteiger partial charge in [-0.25, -0.2) is 9.02 Å². The number of rotatable bonds is 6. The second-order valence-corrected chi connectivity index (χ2v) is 6.49. The number of benzene rings is 1. The smallest absolute Gasteiger partial charge is 0.225 e. The normalized spacial score (nSPS) is 11.6. The number of oxime groups is 1. The number of nitrogens with one attached hydrogen (secondary N) is 2. The van der Waals surface area contributed by atoms with E-state index in [0.29, 0.717) is 17.1 Å². The van der Waals surface area contributed by atoms with Crippen molar-refractivity contribution in [3.8, 4) is 0 Å². The van der Waals surface area contributed by atoms with Crippen molar-refractivity contribution in [1.82, 2.24) is 15.6 Å². The van der Waals surface area contributed by atoms with Gasteiger partial charge in [0.2, 0.25) is 5.91 Å². The Hall–Kier alpha value is -2.68. The summed E-state index contributed by atoms with van der Waals surface area (Å²) in [6.07, 6.45) is 1.26. The molecular formula is C15H17ClFN5O3. The van der Waals surface area contributed by atoms with Gasteiger partial charge in [-0.15, -0.1) is 0 Å². The van der Waals surface area contributed by atoms with Crippen molar-refractivity contribution in [3.05, 3.63) is 40.4 Å². The second-order valence-electron chi connectivity index (χ2n) is 6.09. The number of nitrogens with zero attached hydrogens (tertiary/aromatic N) is 3. The molecule has 0 unspecified atom stereocenters. The van der Waals surface area contributed by atoms with Crippen molar-refractivity contribution in [2.45, 2.75) is 27.3 Å². The summed E-state index contributed by atoms with van der Waals surface area (Å²) in [5.41, 5.74) is 3.06. The lowest BCUT2D eigenvalue weighted by Gasteiger charge is -2.16. The molecule has 10 heteroatoms. The monoisotopic (exact) mass is 369 g/mol. The maximum absolute atomic E-state index is 13.0. The van der Waals surface area contributed by atoms with E-state index in [9.17, 15) is 9.18 Å². The van der Waals surface area contributed by atoms with Crippen LogP contribution in [0.5, 0.6) is 0 Å². The fourth-order valence-electron chi connectivity index (χ4n) is 1.58. The van der Waals surface area contributed by atoms with Crippen LogP contribution in [0.25, 0.3) is 0 Å². The molecule has 2 N–H and O–H groups in total. The van der Waals surface area contributed by atoms with Gasteiger partial charge in [-0.1, -0.05) is 42.7 Å². The molecule has 2 rings (SSSR count). The molecule has 25 heavy (non-hydrogen) atoms. The van der Waals surface area contributed by atoms with Gasteiger partial charge in [-0.05, 0) is 23.4 Å². The van der Waals surface area contributed by atoms with E-state index in [-0.39, 0.29) is 17.5 Å². The highest BCUT2D eigenvalue weighted by Gasteiger charge is 2.21. The van der Waals surface area contributed by atoms with Gasteiger partial charge in [-0.3, -0.25) is 9.73 Å². The largest absolute Gasteiger partial charge is 0.350 e. The molecule has 134 valence electrons. The third-order valence-electron chi connectivity index (χ3n) is 2.99. The van der Waals surface area contributed by atoms with Gasteiger partial charge < -0.3 is 5.32 Å². The van der Waals surface area contributed by atoms with Gasteiger partial charge in [0.25, 0.3) is 0 Å². The van der Waals surface area contributed by atoms with Gasteiger partial charge in [0.05, 0.1) is 17.3 Å². The summed E-state index contributed by atoms with van der Waals surface area (Å²) < 4.78 is 17.7. The van der Waals surface area contributed by atoms with Crippen LogP contribution in [0, 0.1) is 11.2 Å². The Morgan fingerprint density at radius 1 is 1.44 bits per heavy atom. The first-order chi connectivity index (χ1) is 11.8. The highest BCUT2D eigenvalue weighted by atomic mass is 35.5. The zero-order valence-electron chi connectivity index (χ0n) is 13.8. The summed E-state index contributed by atoms with van der Waals surface area (Å²) in [6.45, 7) is 5.54. The minimum absolute atomic E-state index is 0.0462. The van der Waals surface area contributed by atoms with Gasteiger partial charge in [0.15, 0.2) is 5.69 Å². The van der Waals surface area contributed by atoms with Crippen molar-refractivity contribution in [2.24, 2.45) is 10.6 Å². The summed E-state index contributed by atoms with van der Waals surface area (Å²) in [6, 6.07) is 3.97. The van der Waals surface area contributed by atoms with E-state index in [1.54, 1.807) is 20.8 Å². The lowest BCUT2D eigenvalue weighted by Crippen LogP contribution is -2.34. The molecule has 0 saturated heterocycles. The van der Waals surface area contributed by atoms with Crippen LogP contribution in [-0.2, 0) is 16.3 Å². The van der Waals surface area contributed by atoms with Gasteiger partial charge in [0.1, 0.15) is 17.7 Å². The fourth-order valence-corrected chi connectivity index (χ4v) is 1.76. The lowest BCUT2D eigenvalue weighted by molar-refractivity contribution is -0.128. The van der Waals surface area contributed by atoms with Crippen LogP contribution >= 0.6 is 11.6 Å². The van der Waals surface area contributed by atoms with Crippen LogP contribution in [0.4, 0.5) is 10.1 Å². The SMILES string of the molecule is CC(C)(C)C(=O)NCc1nonc1/C=N/ONc1ccc(F)c(Cl)c1. The Bertz CT molecular complexity index is 773. The number of anilines is 1. The highest BCUT2D eigenvalue weighted by Crippen LogP contribution is 2.19. The van der Waals surface area contributed by atoms with Gasteiger partial charge in [-0.2, -0.15) is 5.48 Å². The van der Waals surface area contributed by atoms with Crippen LogP contribution < -0.4 is 10.8 Å². The Morgan fingerprint density at radius 3 is 2.88 bits per heavy atom. The zero-order valence-corrected chi connectivity index (χ0v) is 14.6. The van der Waals surface area contributed by atoms with Crippen LogP contribution in [0.3, 0.4) is 0 Å². The van der Waals surface area contributed by atoms with E-state index in [1.165, 1.54) is 24.4 Å². The van der Waals surface area contributed by atoms with Crippen molar-refractivity contribution < 1.29 is 18.8 Å². The molecule has 0 radical (unpaired) electrons. The average molecular weight is 370 g/mol. The van der Waals surface area contributed by atoms with Gasteiger partial charge in [0, 0.05) is 5.41 Å². The quantitative estimate of drug-likeness (QED) is 0.599. The van der Waals surface area contributed by atoms with E-state index in [1.807, 2.05) is 0 Å². The zero-order chi connectivity index (χ0) is 18.4. The minimum Gasteiger partial charge on any atom is -0.350 e. The Labute approximate surface area is 148 Å². The molecule has 0 saturated carbocycles. The molecule has 0 spiro atoms. The first-order valence-electron chi connectivity index (χ1n) is 7.27. The number of aromatic nitrogens is 2. The first kappa shape index (κ1) is 18.7. The van der Waals surface area contributed by atoms with Crippen LogP contribution in [-0.4, -0.2) is 22.4 Å². The molecule has 1 heterocycles. The van der Waals surface area contributed by atoms with Crippen LogP contribution in [0.2, 0.25) is 5.02 Å². The number of hydrogen-bond donors (Lipinski definition) is 2. The molecule has 1 aromatic heterocycles. The molecular weight excluding hydrogens is 353 g/mol. The maximum atomic E-state index is 13.0. The molecule has 8 nitrogen and oxygen atoms in total. The van der Waals surface area contributed by atoms with Crippen molar-refractivity contribution >= 4 is 29.4 Å². The predicted octanol–water partition coefficient (Wildman–Crippen LogP) is 2.90. The summed E-state index contributed by atoms with van der Waals surface area (Å²) in [4.78, 5) is 16.7. The van der Waals surface area contributed by atoms with E-state index >= 15 is 0 Å². The van der Waals surface area contributed by atoms with E-state index in [4.69, 9.17) is 16.5 Å². The molecule has 0 aliphatic heterocycles. The molecule has 0 atom stereocenters. The summed E-state index contributed by atoms with van der Waals surface area (Å²) in [5, 5.41) is 13.7. The molecule has 1 aromatic carbocycles. The van der Waals surface area contributed by atoms with Gasteiger partial charge >= 0.3 is 0 Å². The fraction of sp³-hybridized carbons (Fsp3) is 0.333. The number of carbonyl (C=O) groups excluding carboxylic acids is 1. The van der Waals surface area contributed by atoms with E-state index in [2.05, 4.69) is 30.9 Å². The van der Waals surface area contributed by atoms with Crippen molar-refractivity contribution in [2.75, 3.05) is 5.48 Å². The van der Waals surface area contributed by atoms with Crippen LogP contribution in [0.15, 0.2) is 28.0 Å². The van der Waals surface area contributed by atoms with E-state index < -0.39 is 11.2 Å². The molecule has 0 fully saturated rings. The first-order valence-corrected chi connectivity index (χ1v) is 7.65. The molecule has 0 aliphatic rings. The van der Waals surface area contributed by atoms with Crippen molar-refractivity contribution in [1.29, 1.82) is 0 Å². The summed E-state index contributed by atoms with van der Waals surface area (Å²) in [5.74, 6) is -0.671. The Morgan fingerprint density at radius 2 is 2.20 bits per heavy atom. The highest BCUT2D eigenvalue weighted by molar-refractivity contribution is 6.31. The maximum Gasteiger partial charge on any atom is 0.225 e. The molecule has 1 amide bonds. The number of hydrogen-bond acceptors (Lipinski definition) is 7.